The molecule has 1 aliphatic carbocycles. The molecule has 7 heteroatoms. The number of aromatic amines is 1. The number of phosphoric acid groups is 1. The van der Waals surface area contributed by atoms with Gasteiger partial charge < -0.3 is 14.8 Å². The average molecular weight is 334 g/mol. The Hall–Kier alpha value is -1.43. The molecule has 0 saturated carbocycles. The SMILES string of the molecule is CN1C[C@H](COP(=O)(O)O)C=C2c3cccc4[nH]cc(c34)C[C@H]21. The maximum atomic E-state index is 11.0. The quantitative estimate of drug-likeness (QED) is 0.749. The molecule has 0 amide bonds. The Morgan fingerprint density at radius 2 is 2.26 bits per heavy atom. The monoisotopic (exact) mass is 334 g/mol. The van der Waals surface area contributed by atoms with Crippen LogP contribution in [0.3, 0.4) is 0 Å². The van der Waals surface area contributed by atoms with E-state index >= 15 is 0 Å². The molecule has 1 aliphatic heterocycles. The zero-order valence-electron chi connectivity index (χ0n) is 12.8. The molecule has 0 spiro atoms. The first-order chi connectivity index (χ1) is 10.9. The lowest BCUT2D eigenvalue weighted by Gasteiger charge is -2.39. The fourth-order valence-corrected chi connectivity index (χ4v) is 4.23. The van der Waals surface area contributed by atoms with Gasteiger partial charge in [0.1, 0.15) is 0 Å². The van der Waals surface area contributed by atoms with Crippen LogP contribution in [0.2, 0.25) is 0 Å². The summed E-state index contributed by atoms with van der Waals surface area (Å²) < 4.78 is 15.7. The summed E-state index contributed by atoms with van der Waals surface area (Å²) in [6, 6.07) is 6.54. The van der Waals surface area contributed by atoms with Crippen LogP contribution < -0.4 is 0 Å². The third-order valence-electron chi connectivity index (χ3n) is 4.80. The van der Waals surface area contributed by atoms with Crippen LogP contribution >= 0.6 is 7.82 Å². The fraction of sp³-hybridized carbons (Fsp3) is 0.375. The van der Waals surface area contributed by atoms with Crippen LogP contribution in [-0.4, -0.2) is 45.9 Å². The topological polar surface area (TPSA) is 85.8 Å². The highest BCUT2D eigenvalue weighted by Gasteiger charge is 2.34. The van der Waals surface area contributed by atoms with Crippen LogP contribution in [0, 0.1) is 5.92 Å². The largest absolute Gasteiger partial charge is 0.469 e. The van der Waals surface area contributed by atoms with E-state index < -0.39 is 7.82 Å². The summed E-state index contributed by atoms with van der Waals surface area (Å²) in [4.78, 5) is 23.4. The summed E-state index contributed by atoms with van der Waals surface area (Å²) in [6.45, 7) is 0.755. The minimum atomic E-state index is -4.43. The summed E-state index contributed by atoms with van der Waals surface area (Å²) in [5, 5.41) is 1.26. The number of fused-ring (bicyclic) bond motifs is 2. The Labute approximate surface area is 134 Å². The first kappa shape index (κ1) is 15.1. The zero-order chi connectivity index (χ0) is 16.2. The van der Waals surface area contributed by atoms with E-state index in [1.54, 1.807) is 0 Å². The van der Waals surface area contributed by atoms with Crippen LogP contribution in [0.4, 0.5) is 0 Å². The van der Waals surface area contributed by atoms with E-state index in [1.165, 1.54) is 22.1 Å². The first-order valence-corrected chi connectivity index (χ1v) is 9.17. The third kappa shape index (κ3) is 2.67. The van der Waals surface area contributed by atoms with Gasteiger partial charge >= 0.3 is 7.82 Å². The first-order valence-electron chi connectivity index (χ1n) is 7.64. The second-order valence-electron chi connectivity index (χ2n) is 6.37. The standard InChI is InChI=1S/C16H19N2O4P/c1-18-8-10(9-22-23(19,20)21)5-13-12-3-2-4-14-16(12)11(7-17-14)6-15(13)18/h2-5,7,10,15,17H,6,8-9H2,1H3,(H2,19,20,21)/t10-,15-/m1/s1. The molecule has 4 rings (SSSR count). The number of likely N-dealkylation sites (N-methyl/N-ethyl adjacent to an activating group) is 1. The fourth-order valence-electron chi connectivity index (χ4n) is 3.85. The van der Waals surface area contributed by atoms with Crippen molar-refractivity contribution in [1.82, 2.24) is 9.88 Å². The Morgan fingerprint density at radius 1 is 1.43 bits per heavy atom. The smallest absolute Gasteiger partial charge is 0.361 e. The molecule has 2 heterocycles. The highest BCUT2D eigenvalue weighted by molar-refractivity contribution is 7.46. The number of aromatic nitrogens is 1. The molecule has 2 aromatic rings. The molecule has 122 valence electrons. The van der Waals surface area contributed by atoms with Crippen molar-refractivity contribution in [3.05, 3.63) is 41.6 Å². The maximum absolute atomic E-state index is 11.0. The van der Waals surface area contributed by atoms with Gasteiger partial charge in [0.15, 0.2) is 0 Å². The molecule has 0 radical (unpaired) electrons. The molecular weight excluding hydrogens is 315 g/mol. The Balaban J connectivity index is 1.74. The molecule has 3 N–H and O–H groups in total. The summed E-state index contributed by atoms with van der Waals surface area (Å²) in [6.07, 6.45) is 5.16. The predicted octanol–water partition coefficient (Wildman–Crippen LogP) is 2.15. The van der Waals surface area contributed by atoms with E-state index in [9.17, 15) is 4.57 Å². The summed E-state index contributed by atoms with van der Waals surface area (Å²) in [5.41, 5.74) is 4.90. The van der Waals surface area contributed by atoms with Gasteiger partial charge in [0.05, 0.1) is 6.61 Å². The molecule has 1 aromatic heterocycles. The predicted molar refractivity (Wildman–Crippen MR) is 87.9 cm³/mol. The Bertz CT molecular complexity index is 838. The minimum absolute atomic E-state index is 0.0286. The van der Waals surface area contributed by atoms with Gasteiger partial charge in [0, 0.05) is 35.6 Å². The van der Waals surface area contributed by atoms with Crippen LogP contribution in [-0.2, 0) is 15.5 Å². The molecule has 0 saturated heterocycles. The highest BCUT2D eigenvalue weighted by Crippen LogP contribution is 2.42. The van der Waals surface area contributed by atoms with Gasteiger partial charge in [-0.2, -0.15) is 0 Å². The lowest BCUT2D eigenvalue weighted by molar-refractivity contribution is 0.152. The van der Waals surface area contributed by atoms with Crippen molar-refractivity contribution < 1.29 is 18.9 Å². The number of nitrogens with one attached hydrogen (secondary N) is 1. The molecule has 2 atom stereocenters. The van der Waals surface area contributed by atoms with Crippen LogP contribution in [0.1, 0.15) is 11.1 Å². The number of benzene rings is 1. The van der Waals surface area contributed by atoms with E-state index in [-0.39, 0.29) is 12.5 Å². The van der Waals surface area contributed by atoms with Crippen LogP contribution in [0.5, 0.6) is 0 Å². The number of phosphoric ester groups is 1. The lowest BCUT2D eigenvalue weighted by atomic mass is 9.80. The van der Waals surface area contributed by atoms with E-state index in [0.717, 1.165) is 18.5 Å². The minimum Gasteiger partial charge on any atom is -0.361 e. The van der Waals surface area contributed by atoms with E-state index in [2.05, 4.69) is 41.3 Å². The van der Waals surface area contributed by atoms with Crippen molar-refractivity contribution in [2.75, 3.05) is 20.2 Å². The molecule has 0 fully saturated rings. The molecule has 1 aromatic carbocycles. The van der Waals surface area contributed by atoms with E-state index in [4.69, 9.17) is 14.3 Å². The third-order valence-corrected chi connectivity index (χ3v) is 5.28. The molecule has 0 bridgehead atoms. The summed E-state index contributed by atoms with van der Waals surface area (Å²) in [7, 11) is -2.37. The average Bonchev–Trinajstić information content (AvgIpc) is 2.90. The highest BCUT2D eigenvalue weighted by atomic mass is 31.2. The van der Waals surface area contributed by atoms with Crippen LogP contribution in [0.25, 0.3) is 16.5 Å². The second-order valence-corrected chi connectivity index (χ2v) is 7.61. The Kier molecular flexibility index (Phi) is 3.48. The van der Waals surface area contributed by atoms with Gasteiger partial charge in [0.2, 0.25) is 0 Å². The number of H-pyrrole nitrogens is 1. The molecular formula is C16H19N2O4P. The molecule has 2 aliphatic rings. The van der Waals surface area contributed by atoms with Gasteiger partial charge in [-0.25, -0.2) is 4.57 Å². The second kappa shape index (κ2) is 5.30. The van der Waals surface area contributed by atoms with Crippen molar-refractivity contribution in [1.29, 1.82) is 0 Å². The lowest BCUT2D eigenvalue weighted by Crippen LogP contribution is -2.43. The number of hydrogen-bond acceptors (Lipinski definition) is 3. The number of hydrogen-bond donors (Lipinski definition) is 3. The Morgan fingerprint density at radius 3 is 3.04 bits per heavy atom. The number of rotatable bonds is 3. The number of nitrogens with zero attached hydrogens (tertiary/aromatic N) is 1. The van der Waals surface area contributed by atoms with Gasteiger partial charge in [-0.3, -0.25) is 9.42 Å². The van der Waals surface area contributed by atoms with Crippen molar-refractivity contribution >= 4 is 24.3 Å². The summed E-state index contributed by atoms with van der Waals surface area (Å²) >= 11 is 0. The van der Waals surface area contributed by atoms with Gasteiger partial charge in [-0.05, 0) is 36.2 Å². The van der Waals surface area contributed by atoms with Gasteiger partial charge in [0.25, 0.3) is 0 Å². The van der Waals surface area contributed by atoms with Gasteiger partial charge in [-0.15, -0.1) is 0 Å². The maximum Gasteiger partial charge on any atom is 0.469 e. The normalized spacial score (nSPS) is 24.6. The zero-order valence-corrected chi connectivity index (χ0v) is 13.7. The van der Waals surface area contributed by atoms with Crippen molar-refractivity contribution in [2.45, 2.75) is 12.5 Å². The molecule has 6 nitrogen and oxygen atoms in total. The van der Waals surface area contributed by atoms with E-state index in [1.807, 2.05) is 6.07 Å². The van der Waals surface area contributed by atoms with Crippen molar-refractivity contribution in [3.63, 3.8) is 0 Å². The van der Waals surface area contributed by atoms with Crippen molar-refractivity contribution in [3.8, 4) is 0 Å². The van der Waals surface area contributed by atoms with Crippen LogP contribution in [0.15, 0.2) is 30.5 Å². The summed E-state index contributed by atoms with van der Waals surface area (Å²) in [5.74, 6) is -0.0328. The van der Waals surface area contributed by atoms with Crippen molar-refractivity contribution in [2.24, 2.45) is 5.92 Å². The van der Waals surface area contributed by atoms with Gasteiger partial charge in [-0.1, -0.05) is 18.2 Å². The molecule has 0 unspecified atom stereocenters. The molecule has 23 heavy (non-hydrogen) atoms. The van der Waals surface area contributed by atoms with E-state index in [0.29, 0.717) is 6.04 Å².